The molecule has 5 aliphatic rings. The third-order valence-corrected chi connectivity index (χ3v) is 9.84. The molecule has 36 heavy (non-hydrogen) atoms. The SMILES string of the molecule is C1=C(c2c(C3CCCCC3)cccc2C2CCCCC2)N2c3ccccc3-c3cccc4c3C2N1C4. The second-order valence-electron chi connectivity index (χ2n) is 11.8. The van der Waals surface area contributed by atoms with E-state index in [1.165, 1.54) is 97.8 Å². The smallest absolute Gasteiger partial charge is 0.133 e. The largest absolute Gasteiger partial charge is 0.347 e. The van der Waals surface area contributed by atoms with Crippen LogP contribution in [0.2, 0.25) is 0 Å². The zero-order chi connectivity index (χ0) is 23.6. The lowest BCUT2D eigenvalue weighted by atomic mass is 9.75. The lowest BCUT2D eigenvalue weighted by Crippen LogP contribution is -2.31. The number of benzene rings is 3. The Morgan fingerprint density at radius 3 is 1.97 bits per heavy atom. The zero-order valence-electron chi connectivity index (χ0n) is 21.3. The van der Waals surface area contributed by atoms with E-state index in [1.807, 2.05) is 0 Å². The highest BCUT2D eigenvalue weighted by Gasteiger charge is 2.46. The number of hydrogen-bond acceptors (Lipinski definition) is 2. The van der Waals surface area contributed by atoms with Gasteiger partial charge < -0.3 is 9.80 Å². The van der Waals surface area contributed by atoms with Crippen LogP contribution in [0, 0.1) is 0 Å². The molecule has 2 aliphatic carbocycles. The van der Waals surface area contributed by atoms with Crippen molar-refractivity contribution in [2.24, 2.45) is 0 Å². The molecule has 2 saturated carbocycles. The fraction of sp³-hybridized carbons (Fsp3) is 0.412. The highest BCUT2D eigenvalue weighted by molar-refractivity contribution is 5.96. The predicted octanol–water partition coefficient (Wildman–Crippen LogP) is 9.10. The van der Waals surface area contributed by atoms with Gasteiger partial charge >= 0.3 is 0 Å². The molecular formula is C34H36N2. The fourth-order valence-corrected chi connectivity index (χ4v) is 8.23. The number of hydrogen-bond donors (Lipinski definition) is 0. The van der Waals surface area contributed by atoms with E-state index in [4.69, 9.17) is 0 Å². The van der Waals surface area contributed by atoms with Crippen LogP contribution in [-0.2, 0) is 6.54 Å². The van der Waals surface area contributed by atoms with Crippen molar-refractivity contribution >= 4 is 11.4 Å². The van der Waals surface area contributed by atoms with Crippen LogP contribution in [0.4, 0.5) is 5.69 Å². The average Bonchev–Trinajstić information content (AvgIpc) is 3.50. The minimum Gasteiger partial charge on any atom is -0.347 e. The predicted molar refractivity (Wildman–Crippen MR) is 149 cm³/mol. The van der Waals surface area contributed by atoms with Gasteiger partial charge in [-0.2, -0.15) is 0 Å². The molecule has 2 nitrogen and oxygen atoms in total. The summed E-state index contributed by atoms with van der Waals surface area (Å²) in [7, 11) is 0. The van der Waals surface area contributed by atoms with Crippen molar-refractivity contribution in [2.45, 2.75) is 88.8 Å². The molecule has 0 bridgehead atoms. The summed E-state index contributed by atoms with van der Waals surface area (Å²) in [5.74, 6) is 1.41. The van der Waals surface area contributed by atoms with Crippen molar-refractivity contribution in [1.82, 2.24) is 4.90 Å². The Labute approximate surface area is 215 Å². The summed E-state index contributed by atoms with van der Waals surface area (Å²) < 4.78 is 0. The topological polar surface area (TPSA) is 6.48 Å². The van der Waals surface area contributed by atoms with Crippen molar-refractivity contribution < 1.29 is 0 Å². The Kier molecular flexibility index (Phi) is 4.85. The second-order valence-corrected chi connectivity index (χ2v) is 11.8. The van der Waals surface area contributed by atoms with Crippen LogP contribution in [0.15, 0.2) is 66.9 Å². The Morgan fingerprint density at radius 1 is 0.611 bits per heavy atom. The molecule has 1 atom stereocenters. The summed E-state index contributed by atoms with van der Waals surface area (Å²) in [4.78, 5) is 5.35. The molecule has 0 spiro atoms. The van der Waals surface area contributed by atoms with Crippen molar-refractivity contribution in [3.05, 3.63) is 94.7 Å². The van der Waals surface area contributed by atoms with Gasteiger partial charge in [-0.25, -0.2) is 0 Å². The van der Waals surface area contributed by atoms with E-state index in [-0.39, 0.29) is 0 Å². The standard InChI is InChI=1S/C34H36N2/c1-3-11-23(12-4-1)26-17-10-18-27(24-13-5-2-6-14-24)33(26)31-22-35-21-25-15-9-19-29-28-16-7-8-20-30(28)36(31)34(35)32(25)29/h7-10,15-20,22-24,34H,1-6,11-14,21H2. The normalized spacial score (nSPS) is 23.0. The van der Waals surface area contributed by atoms with Gasteiger partial charge in [0.2, 0.25) is 0 Å². The van der Waals surface area contributed by atoms with Gasteiger partial charge in [-0.15, -0.1) is 0 Å². The highest BCUT2D eigenvalue weighted by Crippen LogP contribution is 2.58. The molecule has 3 aromatic rings. The number of anilines is 1. The van der Waals surface area contributed by atoms with E-state index < -0.39 is 0 Å². The molecule has 0 N–H and O–H groups in total. The lowest BCUT2D eigenvalue weighted by molar-refractivity contribution is 0.334. The molecule has 8 rings (SSSR count). The quantitative estimate of drug-likeness (QED) is 0.375. The third kappa shape index (κ3) is 3.03. The first kappa shape index (κ1) is 21.1. The Bertz CT molecular complexity index is 1320. The van der Waals surface area contributed by atoms with E-state index in [9.17, 15) is 0 Å². The summed E-state index contributed by atoms with van der Waals surface area (Å²) in [5, 5.41) is 0. The summed E-state index contributed by atoms with van der Waals surface area (Å²) in [6.45, 7) is 1.02. The van der Waals surface area contributed by atoms with Crippen LogP contribution in [0.5, 0.6) is 0 Å². The maximum Gasteiger partial charge on any atom is 0.133 e. The minimum absolute atomic E-state index is 0.305. The molecule has 0 aromatic heterocycles. The van der Waals surface area contributed by atoms with Crippen molar-refractivity contribution in [3.63, 3.8) is 0 Å². The van der Waals surface area contributed by atoms with Gasteiger partial charge in [0.15, 0.2) is 0 Å². The molecule has 2 heteroatoms. The van der Waals surface area contributed by atoms with Gasteiger partial charge in [0.25, 0.3) is 0 Å². The van der Waals surface area contributed by atoms with Gasteiger partial charge in [-0.3, -0.25) is 0 Å². The molecule has 182 valence electrons. The van der Waals surface area contributed by atoms with Crippen LogP contribution in [0.1, 0.15) is 110 Å². The number of fused-ring (bicyclic) bond motifs is 3. The molecule has 2 fully saturated rings. The molecular weight excluding hydrogens is 436 g/mol. The molecule has 1 unspecified atom stereocenters. The van der Waals surface area contributed by atoms with Crippen LogP contribution in [0.25, 0.3) is 16.8 Å². The maximum atomic E-state index is 2.72. The van der Waals surface area contributed by atoms with Crippen molar-refractivity contribution in [1.29, 1.82) is 0 Å². The second kappa shape index (κ2) is 8.26. The molecule has 3 heterocycles. The Balaban J connectivity index is 1.34. The van der Waals surface area contributed by atoms with Crippen molar-refractivity contribution in [3.8, 4) is 11.1 Å². The first-order chi connectivity index (χ1) is 17.9. The summed E-state index contributed by atoms with van der Waals surface area (Å²) >= 11 is 0. The lowest BCUT2D eigenvalue weighted by Gasteiger charge is -2.39. The first-order valence-corrected chi connectivity index (χ1v) is 14.5. The monoisotopic (exact) mass is 472 g/mol. The Hall–Kier alpha value is -3.00. The van der Waals surface area contributed by atoms with E-state index >= 15 is 0 Å². The summed E-state index contributed by atoms with van der Waals surface area (Å²) in [5.41, 5.74) is 13.6. The fourth-order valence-electron chi connectivity index (χ4n) is 8.23. The van der Waals surface area contributed by atoms with Crippen LogP contribution < -0.4 is 4.90 Å². The molecule has 3 aliphatic heterocycles. The van der Waals surface area contributed by atoms with Gasteiger partial charge in [0, 0.05) is 29.4 Å². The number of nitrogens with zero attached hydrogens (tertiary/aromatic N) is 2. The number of rotatable bonds is 3. The van der Waals surface area contributed by atoms with Crippen LogP contribution >= 0.6 is 0 Å². The van der Waals surface area contributed by atoms with E-state index in [0.29, 0.717) is 18.0 Å². The molecule has 0 radical (unpaired) electrons. The van der Waals surface area contributed by atoms with E-state index in [0.717, 1.165) is 6.54 Å². The maximum absolute atomic E-state index is 2.72. The minimum atomic E-state index is 0.305. The first-order valence-electron chi connectivity index (χ1n) is 14.5. The van der Waals surface area contributed by atoms with Crippen molar-refractivity contribution in [2.75, 3.05) is 4.90 Å². The average molecular weight is 473 g/mol. The highest BCUT2D eigenvalue weighted by atomic mass is 15.4. The van der Waals surface area contributed by atoms with Gasteiger partial charge in [0.1, 0.15) is 6.17 Å². The Morgan fingerprint density at radius 2 is 1.25 bits per heavy atom. The van der Waals surface area contributed by atoms with E-state index in [2.05, 4.69) is 76.7 Å². The van der Waals surface area contributed by atoms with Gasteiger partial charge in [0.05, 0.1) is 11.4 Å². The number of para-hydroxylation sites is 1. The molecule has 3 aromatic carbocycles. The van der Waals surface area contributed by atoms with Crippen LogP contribution in [0.3, 0.4) is 0 Å². The van der Waals surface area contributed by atoms with E-state index in [1.54, 1.807) is 16.7 Å². The zero-order valence-corrected chi connectivity index (χ0v) is 21.3. The molecule has 0 saturated heterocycles. The summed E-state index contributed by atoms with van der Waals surface area (Å²) in [6.07, 6.45) is 16.6. The van der Waals surface area contributed by atoms with Crippen LogP contribution in [-0.4, -0.2) is 4.90 Å². The van der Waals surface area contributed by atoms with Gasteiger partial charge in [-0.05, 0) is 65.8 Å². The molecule has 0 amide bonds. The third-order valence-electron chi connectivity index (χ3n) is 9.84. The van der Waals surface area contributed by atoms with Gasteiger partial charge in [-0.1, -0.05) is 93.1 Å². The summed E-state index contributed by atoms with van der Waals surface area (Å²) in [6, 6.07) is 23.5.